The van der Waals surface area contributed by atoms with E-state index in [9.17, 15) is 19.5 Å². The van der Waals surface area contributed by atoms with Crippen LogP contribution in [0, 0.1) is 17.3 Å². The van der Waals surface area contributed by atoms with Crippen molar-refractivity contribution in [1.82, 2.24) is 10.6 Å². The van der Waals surface area contributed by atoms with E-state index >= 15 is 0 Å². The zero-order valence-corrected chi connectivity index (χ0v) is 21.3. The Balaban J connectivity index is 1.66. The summed E-state index contributed by atoms with van der Waals surface area (Å²) in [6.07, 6.45) is -0.608. The van der Waals surface area contributed by atoms with E-state index in [0.29, 0.717) is 0 Å². The molecule has 2 aromatic carbocycles. The van der Waals surface area contributed by atoms with Gasteiger partial charge in [0.05, 0.1) is 5.92 Å². The van der Waals surface area contributed by atoms with Crippen molar-refractivity contribution in [3.05, 3.63) is 59.7 Å². The Kier molecular flexibility index (Phi) is 7.88. The van der Waals surface area contributed by atoms with Gasteiger partial charge in [-0.05, 0) is 40.5 Å². The molecule has 0 saturated carbocycles. The number of hydrogen-bond acceptors (Lipinski definition) is 4. The predicted molar refractivity (Wildman–Crippen MR) is 135 cm³/mol. The number of fused-ring (bicyclic) bond motifs is 3. The number of carboxylic acids is 1. The largest absolute Gasteiger partial charge is 0.480 e. The molecular weight excluding hydrogens is 444 g/mol. The first kappa shape index (κ1) is 26.3. The van der Waals surface area contributed by atoms with Gasteiger partial charge in [-0.2, -0.15) is 0 Å². The Bertz CT molecular complexity index is 1040. The summed E-state index contributed by atoms with van der Waals surface area (Å²) in [4.78, 5) is 37.5. The maximum Gasteiger partial charge on any atom is 0.407 e. The highest BCUT2D eigenvalue weighted by atomic mass is 16.5. The van der Waals surface area contributed by atoms with Crippen LogP contribution in [0.25, 0.3) is 11.1 Å². The van der Waals surface area contributed by atoms with Crippen molar-refractivity contribution in [2.45, 2.75) is 59.5 Å². The minimum Gasteiger partial charge on any atom is -0.480 e. The summed E-state index contributed by atoms with van der Waals surface area (Å²) in [5.74, 6) is -2.32. The van der Waals surface area contributed by atoms with Crippen molar-refractivity contribution in [3.63, 3.8) is 0 Å². The number of rotatable bonds is 8. The topological polar surface area (TPSA) is 105 Å². The number of carboxylic acid groups (broad SMARTS) is 1. The number of amides is 2. The third-order valence-corrected chi connectivity index (χ3v) is 6.65. The van der Waals surface area contributed by atoms with Crippen LogP contribution in [0.3, 0.4) is 0 Å². The molecule has 1 aliphatic carbocycles. The number of benzene rings is 2. The van der Waals surface area contributed by atoms with Crippen molar-refractivity contribution in [1.29, 1.82) is 0 Å². The first-order valence-electron chi connectivity index (χ1n) is 12.1. The normalized spacial score (nSPS) is 15.5. The zero-order valence-electron chi connectivity index (χ0n) is 21.3. The fourth-order valence-electron chi connectivity index (χ4n) is 4.91. The van der Waals surface area contributed by atoms with E-state index in [0.717, 1.165) is 22.3 Å². The Labute approximate surface area is 207 Å². The van der Waals surface area contributed by atoms with E-state index in [4.69, 9.17) is 4.74 Å². The molecule has 0 aliphatic heterocycles. The van der Waals surface area contributed by atoms with Gasteiger partial charge < -0.3 is 20.5 Å². The summed E-state index contributed by atoms with van der Waals surface area (Å²) >= 11 is 0. The first-order valence-corrected chi connectivity index (χ1v) is 12.1. The van der Waals surface area contributed by atoms with Crippen LogP contribution in [0.4, 0.5) is 4.79 Å². The molecule has 35 heavy (non-hydrogen) atoms. The number of carbonyl (C=O) groups is 3. The highest BCUT2D eigenvalue weighted by Crippen LogP contribution is 2.44. The SMILES string of the molecule is CC(C)C(C(=O)NC(C(=O)O)C(C)(C)C)C(C)NC(=O)OCC1c2ccccc2-c2ccccc21. The van der Waals surface area contributed by atoms with Crippen LogP contribution in [-0.2, 0) is 14.3 Å². The molecule has 1 aliphatic rings. The van der Waals surface area contributed by atoms with Crippen molar-refractivity contribution in [2.24, 2.45) is 17.3 Å². The van der Waals surface area contributed by atoms with E-state index < -0.39 is 41.4 Å². The van der Waals surface area contributed by atoms with Gasteiger partial charge in [-0.1, -0.05) is 83.1 Å². The van der Waals surface area contributed by atoms with Gasteiger partial charge >= 0.3 is 12.1 Å². The van der Waals surface area contributed by atoms with Gasteiger partial charge in [0.25, 0.3) is 0 Å². The third-order valence-electron chi connectivity index (χ3n) is 6.65. The van der Waals surface area contributed by atoms with Gasteiger partial charge in [-0.3, -0.25) is 4.79 Å². The van der Waals surface area contributed by atoms with Crippen LogP contribution < -0.4 is 10.6 Å². The van der Waals surface area contributed by atoms with Crippen molar-refractivity contribution in [2.75, 3.05) is 6.61 Å². The minimum absolute atomic E-state index is 0.0595. The molecule has 3 N–H and O–H groups in total. The van der Waals surface area contributed by atoms with Crippen LogP contribution in [0.15, 0.2) is 48.5 Å². The Hall–Kier alpha value is -3.35. The van der Waals surface area contributed by atoms with Crippen LogP contribution in [0.2, 0.25) is 0 Å². The van der Waals surface area contributed by atoms with Crippen molar-refractivity contribution >= 4 is 18.0 Å². The van der Waals surface area contributed by atoms with E-state index in [1.807, 2.05) is 38.1 Å². The molecule has 3 atom stereocenters. The summed E-state index contributed by atoms with van der Waals surface area (Å²) in [5, 5.41) is 15.0. The molecular formula is C28H36N2O5. The van der Waals surface area contributed by atoms with Crippen LogP contribution in [-0.4, -0.2) is 41.8 Å². The third kappa shape index (κ3) is 5.84. The first-order chi connectivity index (χ1) is 16.4. The summed E-state index contributed by atoms with van der Waals surface area (Å²) in [7, 11) is 0. The van der Waals surface area contributed by atoms with Crippen LogP contribution in [0.5, 0.6) is 0 Å². The minimum atomic E-state index is -1.09. The molecule has 2 aromatic rings. The molecule has 0 fully saturated rings. The van der Waals surface area contributed by atoms with Gasteiger partial charge in [0.15, 0.2) is 0 Å². The molecule has 0 heterocycles. The molecule has 0 saturated heterocycles. The average molecular weight is 481 g/mol. The van der Waals surface area contributed by atoms with E-state index in [1.54, 1.807) is 27.7 Å². The Morgan fingerprint density at radius 3 is 1.89 bits per heavy atom. The fraction of sp³-hybridized carbons (Fsp3) is 0.464. The molecule has 2 amide bonds. The fourth-order valence-corrected chi connectivity index (χ4v) is 4.91. The summed E-state index contributed by atoms with van der Waals surface area (Å²) < 4.78 is 5.62. The van der Waals surface area contributed by atoms with Gasteiger partial charge in [-0.15, -0.1) is 0 Å². The number of carbonyl (C=O) groups excluding carboxylic acids is 2. The van der Waals surface area contributed by atoms with Gasteiger partial charge in [0.2, 0.25) is 5.91 Å². The molecule has 188 valence electrons. The molecule has 0 bridgehead atoms. The van der Waals surface area contributed by atoms with Crippen molar-refractivity contribution in [3.8, 4) is 11.1 Å². The second kappa shape index (κ2) is 10.5. The monoisotopic (exact) mass is 480 g/mol. The summed E-state index contributed by atoms with van der Waals surface area (Å²) in [6.45, 7) is 10.9. The van der Waals surface area contributed by atoms with E-state index in [2.05, 4.69) is 34.9 Å². The molecule has 0 aromatic heterocycles. The lowest BCUT2D eigenvalue weighted by Crippen LogP contribution is -2.55. The lowest BCUT2D eigenvalue weighted by atomic mass is 9.84. The number of hydrogen-bond donors (Lipinski definition) is 3. The predicted octanol–water partition coefficient (Wildman–Crippen LogP) is 4.80. The summed E-state index contributed by atoms with van der Waals surface area (Å²) in [6, 6.07) is 14.6. The van der Waals surface area contributed by atoms with Crippen LogP contribution in [0.1, 0.15) is 58.6 Å². The molecule has 0 spiro atoms. The maximum absolute atomic E-state index is 13.0. The van der Waals surface area contributed by atoms with Gasteiger partial charge in [-0.25, -0.2) is 9.59 Å². The highest BCUT2D eigenvalue weighted by Gasteiger charge is 2.37. The number of nitrogens with one attached hydrogen (secondary N) is 2. The second-order valence-corrected chi connectivity index (χ2v) is 10.7. The van der Waals surface area contributed by atoms with E-state index in [-0.39, 0.29) is 18.4 Å². The van der Waals surface area contributed by atoms with Gasteiger partial charge in [0.1, 0.15) is 12.6 Å². The smallest absolute Gasteiger partial charge is 0.407 e. The highest BCUT2D eigenvalue weighted by molar-refractivity contribution is 5.86. The van der Waals surface area contributed by atoms with Crippen molar-refractivity contribution < 1.29 is 24.2 Å². The van der Waals surface area contributed by atoms with Crippen LogP contribution >= 0.6 is 0 Å². The Morgan fingerprint density at radius 1 is 0.914 bits per heavy atom. The quantitative estimate of drug-likeness (QED) is 0.503. The van der Waals surface area contributed by atoms with Gasteiger partial charge in [0, 0.05) is 12.0 Å². The average Bonchev–Trinajstić information content (AvgIpc) is 3.08. The molecule has 7 nitrogen and oxygen atoms in total. The van der Waals surface area contributed by atoms with E-state index in [1.165, 1.54) is 0 Å². The molecule has 7 heteroatoms. The lowest BCUT2D eigenvalue weighted by Gasteiger charge is -2.32. The lowest BCUT2D eigenvalue weighted by molar-refractivity contribution is -0.146. The second-order valence-electron chi connectivity index (χ2n) is 10.7. The zero-order chi connectivity index (χ0) is 25.9. The Morgan fingerprint density at radius 2 is 1.43 bits per heavy atom. The molecule has 0 radical (unpaired) electrons. The number of ether oxygens (including phenoxy) is 1. The number of alkyl carbamates (subject to hydrolysis) is 1. The number of aliphatic carboxylic acids is 1. The standard InChI is InChI=1S/C28H36N2O5/c1-16(2)23(25(31)30-24(26(32)33)28(4,5)6)17(3)29-27(34)35-15-22-20-13-9-7-11-18(20)19-12-8-10-14-21(19)22/h7-14,16-17,22-24H,15H2,1-6H3,(H,29,34)(H,30,31)(H,32,33). The molecule has 3 rings (SSSR count). The molecule has 3 unspecified atom stereocenters. The maximum atomic E-state index is 13.0. The summed E-state index contributed by atoms with van der Waals surface area (Å²) in [5.41, 5.74) is 3.88.